The molecule has 0 fully saturated rings. The summed E-state index contributed by atoms with van der Waals surface area (Å²) in [6, 6.07) is 4.35. The van der Waals surface area contributed by atoms with Gasteiger partial charge in [0.2, 0.25) is 0 Å². The third kappa shape index (κ3) is 3.05. The van der Waals surface area contributed by atoms with E-state index in [2.05, 4.69) is 0 Å². The van der Waals surface area contributed by atoms with Crippen LogP contribution in [-0.4, -0.2) is 22.0 Å². The summed E-state index contributed by atoms with van der Waals surface area (Å²) < 4.78 is 0. The first kappa shape index (κ1) is 12.7. The number of aliphatic hydroxyl groups is 1. The highest BCUT2D eigenvalue weighted by molar-refractivity contribution is 6.31. The predicted molar refractivity (Wildman–Crippen MR) is 58.4 cm³/mol. The van der Waals surface area contributed by atoms with E-state index in [1.54, 1.807) is 6.07 Å². The summed E-state index contributed by atoms with van der Waals surface area (Å²) in [4.78, 5) is 21.4. The summed E-state index contributed by atoms with van der Waals surface area (Å²) in [6.07, 6.45) is -1.40. The standard InChI is InChI=1S/C11H11ClO4/c1-6(13)4-7-2-3-8(5-9(7)12)10(14)11(15)16/h2-3,5,10,14H,4H2,1H3,(H,15,16). The number of hydrogen-bond acceptors (Lipinski definition) is 3. The molecule has 1 rings (SSSR count). The first-order valence-corrected chi connectivity index (χ1v) is 4.98. The maximum absolute atomic E-state index is 10.9. The number of carboxylic acids is 1. The molecule has 2 N–H and O–H groups in total. The molecule has 1 atom stereocenters. The van der Waals surface area contributed by atoms with Crippen molar-refractivity contribution in [2.75, 3.05) is 0 Å². The molecule has 1 unspecified atom stereocenters. The number of Topliss-reactive ketones (excluding diaryl/α,β-unsaturated/α-hetero) is 1. The minimum atomic E-state index is -1.59. The zero-order valence-electron chi connectivity index (χ0n) is 8.61. The minimum absolute atomic E-state index is 0.0339. The van der Waals surface area contributed by atoms with Gasteiger partial charge in [-0.2, -0.15) is 0 Å². The van der Waals surface area contributed by atoms with Crippen molar-refractivity contribution in [2.45, 2.75) is 19.4 Å². The van der Waals surface area contributed by atoms with Gasteiger partial charge in [0.05, 0.1) is 0 Å². The molecule has 0 saturated heterocycles. The largest absolute Gasteiger partial charge is 0.479 e. The Bertz CT molecular complexity index is 428. The molecular formula is C11H11ClO4. The quantitative estimate of drug-likeness (QED) is 0.841. The first-order valence-electron chi connectivity index (χ1n) is 4.60. The fourth-order valence-corrected chi connectivity index (χ4v) is 1.54. The van der Waals surface area contributed by atoms with Crippen LogP contribution in [0.25, 0.3) is 0 Å². The van der Waals surface area contributed by atoms with Crippen LogP contribution in [0.15, 0.2) is 18.2 Å². The predicted octanol–water partition coefficient (Wildman–Crippen LogP) is 1.59. The van der Waals surface area contributed by atoms with Gasteiger partial charge in [0, 0.05) is 11.4 Å². The fraction of sp³-hybridized carbons (Fsp3) is 0.273. The number of benzene rings is 1. The van der Waals surface area contributed by atoms with E-state index in [9.17, 15) is 14.7 Å². The van der Waals surface area contributed by atoms with Crippen molar-refractivity contribution in [3.63, 3.8) is 0 Å². The van der Waals surface area contributed by atoms with Crippen LogP contribution in [0.2, 0.25) is 5.02 Å². The topological polar surface area (TPSA) is 74.6 Å². The molecule has 0 saturated carbocycles. The molecule has 4 nitrogen and oxygen atoms in total. The average molecular weight is 243 g/mol. The number of rotatable bonds is 4. The van der Waals surface area contributed by atoms with Crippen LogP contribution in [0.5, 0.6) is 0 Å². The molecule has 16 heavy (non-hydrogen) atoms. The summed E-state index contributed by atoms with van der Waals surface area (Å²) >= 11 is 5.87. The molecule has 0 aliphatic carbocycles. The third-order valence-electron chi connectivity index (χ3n) is 2.07. The maximum atomic E-state index is 10.9. The van der Waals surface area contributed by atoms with Crippen LogP contribution in [-0.2, 0) is 16.0 Å². The lowest BCUT2D eigenvalue weighted by Crippen LogP contribution is -2.10. The zero-order valence-corrected chi connectivity index (χ0v) is 9.36. The highest BCUT2D eigenvalue weighted by Crippen LogP contribution is 2.22. The second-order valence-electron chi connectivity index (χ2n) is 3.47. The molecule has 0 radical (unpaired) electrons. The van der Waals surface area contributed by atoms with Gasteiger partial charge < -0.3 is 10.2 Å². The van der Waals surface area contributed by atoms with Crippen LogP contribution >= 0.6 is 11.6 Å². The van der Waals surface area contributed by atoms with Crippen LogP contribution in [0.3, 0.4) is 0 Å². The van der Waals surface area contributed by atoms with Crippen molar-refractivity contribution in [1.82, 2.24) is 0 Å². The average Bonchev–Trinajstić information content (AvgIpc) is 2.19. The van der Waals surface area contributed by atoms with Crippen molar-refractivity contribution in [3.8, 4) is 0 Å². The Balaban J connectivity index is 2.99. The lowest BCUT2D eigenvalue weighted by atomic mass is 10.0. The fourth-order valence-electron chi connectivity index (χ4n) is 1.29. The number of carbonyl (C=O) groups excluding carboxylic acids is 1. The molecule has 0 aliphatic rings. The van der Waals surface area contributed by atoms with Crippen molar-refractivity contribution in [1.29, 1.82) is 0 Å². The van der Waals surface area contributed by atoms with E-state index in [0.29, 0.717) is 5.56 Å². The Morgan fingerprint density at radius 1 is 1.44 bits per heavy atom. The Morgan fingerprint density at radius 3 is 2.50 bits per heavy atom. The van der Waals surface area contributed by atoms with E-state index >= 15 is 0 Å². The van der Waals surface area contributed by atoms with Gasteiger partial charge >= 0.3 is 5.97 Å². The molecule has 0 amide bonds. The van der Waals surface area contributed by atoms with Crippen molar-refractivity contribution < 1.29 is 19.8 Å². The molecule has 0 spiro atoms. The summed E-state index contributed by atoms with van der Waals surface area (Å²) in [5.74, 6) is -1.37. The van der Waals surface area contributed by atoms with Crippen LogP contribution < -0.4 is 0 Å². The van der Waals surface area contributed by atoms with Crippen LogP contribution in [0.4, 0.5) is 0 Å². The van der Waals surface area contributed by atoms with Crippen molar-refractivity contribution in [2.24, 2.45) is 0 Å². The molecule has 1 aromatic carbocycles. The second-order valence-corrected chi connectivity index (χ2v) is 3.88. The van der Waals surface area contributed by atoms with E-state index < -0.39 is 12.1 Å². The van der Waals surface area contributed by atoms with Crippen molar-refractivity contribution in [3.05, 3.63) is 34.3 Å². The summed E-state index contributed by atoms with van der Waals surface area (Å²) in [5.41, 5.74) is 0.820. The van der Waals surface area contributed by atoms with E-state index in [4.69, 9.17) is 16.7 Å². The normalized spacial score (nSPS) is 12.2. The first-order chi connectivity index (χ1) is 7.41. The van der Waals surface area contributed by atoms with Gasteiger partial charge in [0.25, 0.3) is 0 Å². The van der Waals surface area contributed by atoms with Crippen LogP contribution in [0, 0.1) is 0 Å². The number of carbonyl (C=O) groups is 2. The zero-order chi connectivity index (χ0) is 12.3. The van der Waals surface area contributed by atoms with E-state index in [1.165, 1.54) is 19.1 Å². The Labute approximate surface area is 97.5 Å². The van der Waals surface area contributed by atoms with Crippen LogP contribution in [0.1, 0.15) is 24.2 Å². The van der Waals surface area contributed by atoms with Gasteiger partial charge in [-0.25, -0.2) is 4.79 Å². The lowest BCUT2D eigenvalue weighted by Gasteiger charge is -2.08. The van der Waals surface area contributed by atoms with Gasteiger partial charge in [-0.3, -0.25) is 4.79 Å². The molecule has 86 valence electrons. The minimum Gasteiger partial charge on any atom is -0.479 e. The number of hydrogen-bond donors (Lipinski definition) is 2. The third-order valence-corrected chi connectivity index (χ3v) is 2.42. The SMILES string of the molecule is CC(=O)Cc1ccc(C(O)C(=O)O)cc1Cl. The smallest absolute Gasteiger partial charge is 0.337 e. The number of ketones is 1. The molecular weight excluding hydrogens is 232 g/mol. The number of halogens is 1. The van der Waals surface area contributed by atoms with Gasteiger partial charge in [0.15, 0.2) is 6.10 Å². The van der Waals surface area contributed by atoms with Gasteiger partial charge in [-0.15, -0.1) is 0 Å². The Kier molecular flexibility index (Phi) is 4.04. The maximum Gasteiger partial charge on any atom is 0.337 e. The summed E-state index contributed by atoms with van der Waals surface area (Å²) in [6.45, 7) is 1.44. The highest BCUT2D eigenvalue weighted by atomic mass is 35.5. The highest BCUT2D eigenvalue weighted by Gasteiger charge is 2.17. The number of aliphatic hydroxyl groups excluding tert-OH is 1. The lowest BCUT2D eigenvalue weighted by molar-refractivity contribution is -0.147. The number of aliphatic carboxylic acids is 1. The van der Waals surface area contributed by atoms with Gasteiger partial charge in [0.1, 0.15) is 5.78 Å². The molecule has 5 heteroatoms. The van der Waals surface area contributed by atoms with E-state index in [0.717, 1.165) is 0 Å². The van der Waals surface area contributed by atoms with Crippen molar-refractivity contribution >= 4 is 23.4 Å². The molecule has 0 aliphatic heterocycles. The van der Waals surface area contributed by atoms with E-state index in [1.807, 2.05) is 0 Å². The number of carboxylic acid groups (broad SMARTS) is 1. The molecule has 0 bridgehead atoms. The Morgan fingerprint density at radius 2 is 2.06 bits per heavy atom. The summed E-state index contributed by atoms with van der Waals surface area (Å²) in [7, 11) is 0. The monoisotopic (exact) mass is 242 g/mol. The van der Waals surface area contributed by atoms with E-state index in [-0.39, 0.29) is 22.8 Å². The molecule has 0 aromatic heterocycles. The summed E-state index contributed by atoms with van der Waals surface area (Å²) in [5, 5.41) is 18.1. The van der Waals surface area contributed by atoms with Gasteiger partial charge in [-0.05, 0) is 24.1 Å². The molecule has 1 aromatic rings. The molecule has 0 heterocycles. The van der Waals surface area contributed by atoms with Gasteiger partial charge in [-0.1, -0.05) is 23.7 Å². The second kappa shape index (κ2) is 5.09. The Hall–Kier alpha value is -1.39.